The zero-order chi connectivity index (χ0) is 22.8. The summed E-state index contributed by atoms with van der Waals surface area (Å²) < 4.78 is 0.825. The summed E-state index contributed by atoms with van der Waals surface area (Å²) in [5.74, 6) is 0. The summed E-state index contributed by atoms with van der Waals surface area (Å²) in [7, 11) is 10.5. The predicted octanol–water partition coefficient (Wildman–Crippen LogP) is 7.51. The molecule has 0 aromatic heterocycles. The predicted molar refractivity (Wildman–Crippen MR) is 130 cm³/mol. The summed E-state index contributed by atoms with van der Waals surface area (Å²) in [6, 6.07) is 8.94. The Morgan fingerprint density at radius 1 is 0.897 bits per heavy atom. The third-order valence-electron chi connectivity index (χ3n) is 4.18. The molecule has 1 unspecified atom stereocenters. The quantitative estimate of drug-likeness (QED) is 0.326. The average Bonchev–Trinajstić information content (AvgIpc) is 3.04. The Kier molecular flexibility index (Phi) is 19.8. The van der Waals surface area contributed by atoms with Crippen LogP contribution in [-0.4, -0.2) is 42.3 Å². The van der Waals surface area contributed by atoms with E-state index in [9.17, 15) is 0 Å². The molecule has 0 amide bonds. The van der Waals surface area contributed by atoms with Gasteiger partial charge in [-0.3, -0.25) is 0 Å². The van der Waals surface area contributed by atoms with Crippen LogP contribution in [-0.2, 0) is 26.9 Å². The van der Waals surface area contributed by atoms with Crippen molar-refractivity contribution in [2.75, 3.05) is 42.3 Å². The molecule has 2 aliphatic carbocycles. The summed E-state index contributed by atoms with van der Waals surface area (Å²) in [5.41, 5.74) is 8.65. The molecule has 0 aliphatic heterocycles. The van der Waals surface area contributed by atoms with Crippen LogP contribution in [0, 0.1) is 0 Å². The van der Waals surface area contributed by atoms with Crippen molar-refractivity contribution in [1.29, 1.82) is 0 Å². The number of hydrogen-bond donors (Lipinski definition) is 0. The van der Waals surface area contributed by atoms with Crippen molar-refractivity contribution in [1.82, 2.24) is 0 Å². The van der Waals surface area contributed by atoms with Gasteiger partial charge in [0.25, 0.3) is 0 Å². The van der Waals surface area contributed by atoms with Crippen LogP contribution >= 0.6 is 0 Å². The van der Waals surface area contributed by atoms with Gasteiger partial charge < -0.3 is 16.0 Å². The summed E-state index contributed by atoms with van der Waals surface area (Å²) in [6.07, 6.45) is 5.32. The Hall–Kier alpha value is -0.966. The van der Waals surface area contributed by atoms with Crippen molar-refractivity contribution in [3.63, 3.8) is 0 Å². The van der Waals surface area contributed by atoms with Crippen LogP contribution in [0.3, 0.4) is 0 Å². The Bertz CT molecular complexity index is 603. The van der Waals surface area contributed by atoms with E-state index >= 15 is 0 Å². The molecule has 0 heterocycles. The number of allylic oxidation sites excluding steroid dienone is 4. The maximum atomic E-state index is 3.66. The Balaban J connectivity index is 0. The van der Waals surface area contributed by atoms with Crippen molar-refractivity contribution < 1.29 is 20.4 Å². The van der Waals surface area contributed by atoms with E-state index in [1.165, 1.54) is 25.7 Å². The molecule has 1 aromatic carbocycles. The van der Waals surface area contributed by atoms with E-state index in [1.54, 1.807) is 64.6 Å². The van der Waals surface area contributed by atoms with E-state index in [0.29, 0.717) is 0 Å². The van der Waals surface area contributed by atoms with Gasteiger partial charge in [0, 0.05) is 0 Å². The minimum atomic E-state index is 0.825. The summed E-state index contributed by atoms with van der Waals surface area (Å²) >= 11 is 2.39. The van der Waals surface area contributed by atoms with Gasteiger partial charge in [-0.05, 0) is 13.8 Å². The molecule has 160 valence electrons. The normalized spacial score (nSPS) is 15.4. The molecule has 0 spiro atoms. The van der Waals surface area contributed by atoms with Crippen molar-refractivity contribution in [3.05, 3.63) is 81.2 Å². The maximum absolute atomic E-state index is 3.66. The first-order valence-corrected chi connectivity index (χ1v) is 10.9. The first-order chi connectivity index (χ1) is 13.7. The fourth-order valence-corrected chi connectivity index (χ4v) is 3.49. The fraction of sp³-hybridized carbons (Fsp3) is 0.520. The van der Waals surface area contributed by atoms with Crippen LogP contribution in [0.2, 0.25) is 4.22 Å². The molecule has 1 aromatic rings. The van der Waals surface area contributed by atoms with Crippen LogP contribution in [0.15, 0.2) is 54.1 Å². The molecule has 0 bridgehead atoms. The van der Waals surface area contributed by atoms with Crippen LogP contribution < -0.4 is 0 Å². The van der Waals surface area contributed by atoms with E-state index in [1.807, 2.05) is 13.8 Å². The molecule has 0 radical (unpaired) electrons. The van der Waals surface area contributed by atoms with E-state index in [2.05, 4.69) is 73.8 Å². The molecule has 1 atom stereocenters. The van der Waals surface area contributed by atoms with E-state index < -0.39 is 0 Å². The van der Waals surface area contributed by atoms with Crippen LogP contribution in [0.4, 0.5) is 0 Å². The van der Waals surface area contributed by atoms with Gasteiger partial charge in [0.2, 0.25) is 0 Å². The molecular weight excluding hydrogens is 390 g/mol. The zero-order valence-corrected chi connectivity index (χ0v) is 21.5. The third kappa shape index (κ3) is 13.0. The Labute approximate surface area is 192 Å². The zero-order valence-electron chi connectivity index (χ0n) is 20.0. The molecule has 0 saturated heterocycles. The number of hydrogen-bond acceptors (Lipinski definition) is 0. The van der Waals surface area contributed by atoms with Gasteiger partial charge >= 0.3 is 96.9 Å². The third-order valence-corrected chi connectivity index (χ3v) is 5.17. The topological polar surface area (TPSA) is 42.3 Å². The van der Waals surface area contributed by atoms with Gasteiger partial charge in [-0.1, -0.05) is 24.3 Å². The monoisotopic (exact) mass is 431 g/mol. The summed E-state index contributed by atoms with van der Waals surface area (Å²) in [6.45, 7) is 11.2. The van der Waals surface area contributed by atoms with Gasteiger partial charge in [0.05, 0.1) is 0 Å². The van der Waals surface area contributed by atoms with Gasteiger partial charge in [-0.15, -0.1) is 0 Å². The molecule has 3 rings (SSSR count). The molecule has 4 heteroatoms. The van der Waals surface area contributed by atoms with Crippen molar-refractivity contribution in [3.8, 4) is 0 Å². The van der Waals surface area contributed by atoms with Crippen LogP contribution in [0.25, 0.3) is 21.5 Å². The number of benzene rings is 1. The standard InChI is InChI=1S/C13H13.C6H10.3C2H6N.Ti/c1-3-7-12-10(5-1)9-11-6-2-4-8-13(11)12;1-5(2)6(3)4;3*1-3-2;/h1,3,5-7H,2,4,8-9H2;1,3H2,2,4H3;3*1-2H3;/q;;3*-1;+3. The summed E-state index contributed by atoms with van der Waals surface area (Å²) in [5, 5.41) is 10.5. The van der Waals surface area contributed by atoms with Crippen LogP contribution in [0.5, 0.6) is 0 Å². The number of nitrogens with zero attached hydrogens (tertiary/aromatic N) is 3. The van der Waals surface area contributed by atoms with Crippen LogP contribution in [0.1, 0.15) is 44.2 Å². The second-order valence-corrected chi connectivity index (χ2v) is 8.27. The second kappa shape index (κ2) is 19.0. The average molecular weight is 431 g/mol. The fourth-order valence-electron chi connectivity index (χ4n) is 2.74. The molecular formula is C25H41N3Ti. The number of fused-ring (bicyclic) bond motifs is 2. The molecule has 3 nitrogen and oxygen atoms in total. The second-order valence-electron chi connectivity index (χ2n) is 7.18. The van der Waals surface area contributed by atoms with Crippen molar-refractivity contribution >= 4 is 5.57 Å². The van der Waals surface area contributed by atoms with Gasteiger partial charge in [-0.25, -0.2) is 0 Å². The SMILES string of the molecule is C=C(C)C(=C)C.C[N-]C.C[N-]C.C[N-]C.[Ti+3][CH]1CCCC2=C1Cc1ccccc12. The number of rotatable bonds is 1. The minimum absolute atomic E-state index is 0.825. The molecule has 29 heavy (non-hydrogen) atoms. The van der Waals surface area contributed by atoms with E-state index in [0.717, 1.165) is 15.4 Å². The Morgan fingerprint density at radius 3 is 1.79 bits per heavy atom. The van der Waals surface area contributed by atoms with Crippen molar-refractivity contribution in [2.45, 2.75) is 43.8 Å². The molecule has 0 fully saturated rings. The van der Waals surface area contributed by atoms with E-state index in [-0.39, 0.29) is 0 Å². The van der Waals surface area contributed by atoms with Gasteiger partial charge in [0.15, 0.2) is 0 Å². The van der Waals surface area contributed by atoms with Gasteiger partial charge in [0.1, 0.15) is 0 Å². The molecule has 2 aliphatic rings. The first-order valence-electron chi connectivity index (χ1n) is 10.0. The molecule has 0 saturated carbocycles. The van der Waals surface area contributed by atoms with Crippen molar-refractivity contribution in [2.24, 2.45) is 0 Å². The van der Waals surface area contributed by atoms with E-state index in [4.69, 9.17) is 0 Å². The summed E-state index contributed by atoms with van der Waals surface area (Å²) in [4.78, 5) is 0. The van der Waals surface area contributed by atoms with Gasteiger partial charge in [-0.2, -0.15) is 42.3 Å². The first kappa shape index (κ1) is 30.2. The molecule has 0 N–H and O–H groups in total. The Morgan fingerprint density at radius 2 is 1.34 bits per heavy atom.